The van der Waals surface area contributed by atoms with Gasteiger partial charge in [0.2, 0.25) is 0 Å². The van der Waals surface area contributed by atoms with Crippen LogP contribution in [0.15, 0.2) is 41.3 Å². The molecule has 0 fully saturated rings. The fourth-order valence-electron chi connectivity index (χ4n) is 1.75. The molecule has 0 aromatic heterocycles. The molecule has 7 heteroatoms. The predicted octanol–water partition coefficient (Wildman–Crippen LogP) is 2.57. The summed E-state index contributed by atoms with van der Waals surface area (Å²) >= 11 is 0. The maximum atomic E-state index is 13.3. The number of aliphatic hydroxyl groups is 1. The van der Waals surface area contributed by atoms with Crippen molar-refractivity contribution in [3.05, 3.63) is 59.2 Å². The van der Waals surface area contributed by atoms with Crippen LogP contribution in [0.1, 0.15) is 11.1 Å². The second-order valence-corrected chi connectivity index (χ2v) is 6.16. The number of benzene rings is 2. The van der Waals surface area contributed by atoms with E-state index in [0.717, 1.165) is 24.3 Å². The normalized spacial score (nSPS) is 11.4. The number of anilines is 1. The number of nitrogens with one attached hydrogen (secondary N) is 1. The van der Waals surface area contributed by atoms with Crippen LogP contribution in [0, 0.1) is 18.6 Å². The third-order valence-corrected chi connectivity index (χ3v) is 4.30. The highest BCUT2D eigenvalue weighted by Gasteiger charge is 2.17. The molecule has 0 aliphatic heterocycles. The van der Waals surface area contributed by atoms with E-state index in [2.05, 4.69) is 4.72 Å². The molecule has 2 N–H and O–H groups in total. The largest absolute Gasteiger partial charge is 0.392 e. The summed E-state index contributed by atoms with van der Waals surface area (Å²) in [4.78, 5) is -0.211. The van der Waals surface area contributed by atoms with Crippen LogP contribution in [0.4, 0.5) is 14.5 Å². The van der Waals surface area contributed by atoms with Crippen LogP contribution in [0.3, 0.4) is 0 Å². The van der Waals surface area contributed by atoms with Crippen LogP contribution < -0.4 is 4.72 Å². The van der Waals surface area contributed by atoms with Crippen molar-refractivity contribution in [2.75, 3.05) is 4.72 Å². The zero-order valence-corrected chi connectivity index (χ0v) is 11.9. The van der Waals surface area contributed by atoms with E-state index in [4.69, 9.17) is 5.11 Å². The van der Waals surface area contributed by atoms with Gasteiger partial charge in [0, 0.05) is 5.56 Å². The monoisotopic (exact) mass is 313 g/mol. The number of hydrogen-bond acceptors (Lipinski definition) is 3. The Morgan fingerprint density at radius 3 is 2.52 bits per heavy atom. The smallest absolute Gasteiger partial charge is 0.261 e. The highest BCUT2D eigenvalue weighted by atomic mass is 32.2. The molecule has 2 aromatic carbocycles. The van der Waals surface area contributed by atoms with Crippen molar-refractivity contribution >= 4 is 15.7 Å². The Hall–Kier alpha value is -1.99. The molecule has 2 aromatic rings. The zero-order chi connectivity index (χ0) is 15.6. The molecule has 112 valence electrons. The molecule has 0 spiro atoms. The first-order valence-corrected chi connectivity index (χ1v) is 7.50. The first kappa shape index (κ1) is 15.4. The van der Waals surface area contributed by atoms with E-state index in [9.17, 15) is 17.2 Å². The minimum absolute atomic E-state index is 0.102. The summed E-state index contributed by atoms with van der Waals surface area (Å²) in [6.07, 6.45) is 0. The Bertz CT molecular complexity index is 776. The van der Waals surface area contributed by atoms with Gasteiger partial charge in [0.05, 0.1) is 17.2 Å². The van der Waals surface area contributed by atoms with Crippen molar-refractivity contribution in [2.45, 2.75) is 18.4 Å². The molecular weight excluding hydrogens is 300 g/mol. The molecule has 0 atom stereocenters. The molecule has 21 heavy (non-hydrogen) atoms. The van der Waals surface area contributed by atoms with E-state index >= 15 is 0 Å². The predicted molar refractivity (Wildman–Crippen MR) is 74.3 cm³/mol. The van der Waals surface area contributed by atoms with E-state index in [1.54, 1.807) is 6.92 Å². The Kier molecular flexibility index (Phi) is 4.24. The summed E-state index contributed by atoms with van der Waals surface area (Å²) in [5.74, 6) is -1.27. The van der Waals surface area contributed by atoms with Crippen LogP contribution in [0.2, 0.25) is 0 Å². The van der Waals surface area contributed by atoms with Crippen molar-refractivity contribution in [3.8, 4) is 0 Å². The van der Waals surface area contributed by atoms with Crippen molar-refractivity contribution in [1.29, 1.82) is 0 Å². The molecule has 0 saturated heterocycles. The van der Waals surface area contributed by atoms with Gasteiger partial charge in [-0.1, -0.05) is 6.07 Å². The van der Waals surface area contributed by atoms with Crippen LogP contribution in [-0.2, 0) is 16.6 Å². The summed E-state index contributed by atoms with van der Waals surface area (Å²) in [7, 11) is -4.00. The fraction of sp³-hybridized carbons (Fsp3) is 0.143. The van der Waals surface area contributed by atoms with E-state index in [-0.39, 0.29) is 16.1 Å². The van der Waals surface area contributed by atoms with Crippen LogP contribution in [-0.4, -0.2) is 13.5 Å². The first-order valence-electron chi connectivity index (χ1n) is 6.02. The quantitative estimate of drug-likeness (QED) is 0.911. The van der Waals surface area contributed by atoms with Crippen molar-refractivity contribution in [3.63, 3.8) is 0 Å². The number of sulfonamides is 1. The maximum Gasteiger partial charge on any atom is 0.261 e. The SMILES string of the molecule is Cc1ccc(F)cc1NS(=O)(=O)c1ccc(F)c(CO)c1. The summed E-state index contributed by atoms with van der Waals surface area (Å²) in [5.41, 5.74) is 0.517. The number of rotatable bonds is 4. The molecule has 0 aliphatic carbocycles. The average Bonchev–Trinajstić information content (AvgIpc) is 2.43. The van der Waals surface area contributed by atoms with Crippen molar-refractivity contribution in [2.24, 2.45) is 0 Å². The number of halogens is 2. The Labute approximate surface area is 121 Å². The molecule has 0 radical (unpaired) electrons. The van der Waals surface area contributed by atoms with Crippen molar-refractivity contribution in [1.82, 2.24) is 0 Å². The van der Waals surface area contributed by atoms with E-state index in [1.807, 2.05) is 0 Å². The lowest BCUT2D eigenvalue weighted by molar-refractivity contribution is 0.275. The van der Waals surface area contributed by atoms with Gasteiger partial charge in [-0.05, 0) is 42.8 Å². The van der Waals surface area contributed by atoms with Crippen LogP contribution >= 0.6 is 0 Å². The molecule has 0 amide bonds. The second-order valence-electron chi connectivity index (χ2n) is 4.48. The standard InChI is InChI=1S/C14H13F2NO3S/c1-9-2-3-11(15)7-14(9)17-21(19,20)12-4-5-13(16)10(6-12)8-18/h2-7,17-18H,8H2,1H3. The average molecular weight is 313 g/mol. The molecular formula is C14H13F2NO3S. The van der Waals surface area contributed by atoms with Gasteiger partial charge < -0.3 is 5.11 Å². The highest BCUT2D eigenvalue weighted by Crippen LogP contribution is 2.22. The Morgan fingerprint density at radius 1 is 1.14 bits per heavy atom. The van der Waals surface area contributed by atoms with Gasteiger partial charge in [-0.2, -0.15) is 0 Å². The molecule has 0 heterocycles. The van der Waals surface area contributed by atoms with E-state index < -0.39 is 28.3 Å². The van der Waals surface area contributed by atoms with E-state index in [1.165, 1.54) is 12.1 Å². The molecule has 4 nitrogen and oxygen atoms in total. The minimum atomic E-state index is -4.00. The van der Waals surface area contributed by atoms with Crippen LogP contribution in [0.5, 0.6) is 0 Å². The minimum Gasteiger partial charge on any atom is -0.392 e. The zero-order valence-electron chi connectivity index (χ0n) is 11.1. The summed E-state index contributed by atoms with van der Waals surface area (Å²) in [6, 6.07) is 6.78. The second kappa shape index (κ2) is 5.79. The lowest BCUT2D eigenvalue weighted by Gasteiger charge is -2.11. The topological polar surface area (TPSA) is 66.4 Å². The lowest BCUT2D eigenvalue weighted by atomic mass is 10.2. The van der Waals surface area contributed by atoms with Crippen LogP contribution in [0.25, 0.3) is 0 Å². The molecule has 0 saturated carbocycles. The van der Waals surface area contributed by atoms with Gasteiger partial charge in [-0.25, -0.2) is 17.2 Å². The van der Waals surface area contributed by atoms with Gasteiger partial charge >= 0.3 is 0 Å². The summed E-state index contributed by atoms with van der Waals surface area (Å²) < 4.78 is 53.1. The molecule has 0 bridgehead atoms. The third-order valence-electron chi connectivity index (χ3n) is 2.94. The van der Waals surface area contributed by atoms with Crippen molar-refractivity contribution < 1.29 is 22.3 Å². The first-order chi connectivity index (χ1) is 9.83. The molecule has 0 unspecified atom stereocenters. The number of aryl methyl sites for hydroxylation is 1. The van der Waals surface area contributed by atoms with Gasteiger partial charge in [0.25, 0.3) is 10.0 Å². The van der Waals surface area contributed by atoms with Gasteiger partial charge in [-0.3, -0.25) is 4.72 Å². The Morgan fingerprint density at radius 2 is 1.86 bits per heavy atom. The lowest BCUT2D eigenvalue weighted by Crippen LogP contribution is -2.14. The highest BCUT2D eigenvalue weighted by molar-refractivity contribution is 7.92. The summed E-state index contributed by atoms with van der Waals surface area (Å²) in [6.45, 7) is 1.01. The number of aliphatic hydroxyl groups excluding tert-OH is 1. The fourth-order valence-corrected chi connectivity index (χ4v) is 2.92. The van der Waals surface area contributed by atoms with E-state index in [0.29, 0.717) is 5.56 Å². The van der Waals surface area contributed by atoms with Gasteiger partial charge in [0.15, 0.2) is 0 Å². The third kappa shape index (κ3) is 3.37. The molecule has 2 rings (SSSR count). The van der Waals surface area contributed by atoms with Gasteiger partial charge in [0.1, 0.15) is 11.6 Å². The Balaban J connectivity index is 2.41. The maximum absolute atomic E-state index is 13.3. The number of hydrogen-bond donors (Lipinski definition) is 2. The summed E-state index contributed by atoms with van der Waals surface area (Å²) in [5, 5.41) is 8.97. The van der Waals surface area contributed by atoms with Gasteiger partial charge in [-0.15, -0.1) is 0 Å². The molecule has 0 aliphatic rings.